The first-order valence-corrected chi connectivity index (χ1v) is 7.05. The molecule has 1 rings (SSSR count). The molecule has 14 heavy (non-hydrogen) atoms. The van der Waals surface area contributed by atoms with Crippen LogP contribution in [0.25, 0.3) is 0 Å². The highest BCUT2D eigenvalue weighted by Gasteiger charge is 2.14. The smallest absolute Gasteiger partial charge is 0.0480 e. The highest BCUT2D eigenvalue weighted by Crippen LogP contribution is 2.10. The van der Waals surface area contributed by atoms with Crippen molar-refractivity contribution in [2.45, 2.75) is 44.7 Å². The summed E-state index contributed by atoms with van der Waals surface area (Å²) in [5, 5.41) is 3.70. The highest BCUT2D eigenvalue weighted by atomic mass is 32.2. The number of hydrogen-bond donors (Lipinski definition) is 1. The Hall–Kier alpha value is 0.270. The first-order chi connectivity index (χ1) is 6.83. The summed E-state index contributed by atoms with van der Waals surface area (Å²) in [5.74, 6) is 1.26. The average molecular weight is 217 g/mol. The third kappa shape index (κ3) is 5.23. The van der Waals surface area contributed by atoms with Crippen LogP contribution in [0.3, 0.4) is 0 Å². The van der Waals surface area contributed by atoms with Crippen molar-refractivity contribution in [3.8, 4) is 0 Å². The molecule has 1 aliphatic heterocycles. The molecule has 0 radical (unpaired) electrons. The van der Waals surface area contributed by atoms with Crippen molar-refractivity contribution >= 4 is 11.8 Å². The second-order valence-electron chi connectivity index (χ2n) is 4.09. The summed E-state index contributed by atoms with van der Waals surface area (Å²) in [7, 11) is 0. The maximum Gasteiger partial charge on any atom is 0.0480 e. The zero-order valence-electron chi connectivity index (χ0n) is 9.42. The number of hydrogen-bond acceptors (Lipinski definition) is 3. The molecule has 0 aromatic rings. The van der Waals surface area contributed by atoms with E-state index in [1.165, 1.54) is 31.4 Å². The Morgan fingerprint density at radius 1 is 1.43 bits per heavy atom. The first-order valence-electron chi connectivity index (χ1n) is 5.65. The molecule has 0 saturated carbocycles. The molecule has 2 unspecified atom stereocenters. The van der Waals surface area contributed by atoms with Gasteiger partial charge in [0.25, 0.3) is 0 Å². The van der Waals surface area contributed by atoms with Gasteiger partial charge in [-0.15, -0.1) is 0 Å². The van der Waals surface area contributed by atoms with Gasteiger partial charge in [0, 0.05) is 25.3 Å². The van der Waals surface area contributed by atoms with Crippen LogP contribution in [0.1, 0.15) is 32.6 Å². The summed E-state index contributed by atoms with van der Waals surface area (Å²) in [5.41, 5.74) is 0. The van der Waals surface area contributed by atoms with Gasteiger partial charge in [-0.3, -0.25) is 0 Å². The maximum absolute atomic E-state index is 5.44. The first kappa shape index (κ1) is 12.3. The Bertz CT molecular complexity index is 135. The quantitative estimate of drug-likeness (QED) is 0.763. The van der Waals surface area contributed by atoms with E-state index in [2.05, 4.69) is 18.5 Å². The fraction of sp³-hybridized carbons (Fsp3) is 1.00. The Kier molecular flexibility index (Phi) is 6.65. The van der Waals surface area contributed by atoms with E-state index >= 15 is 0 Å². The second kappa shape index (κ2) is 7.55. The van der Waals surface area contributed by atoms with Gasteiger partial charge in [0.05, 0.1) is 0 Å². The lowest BCUT2D eigenvalue weighted by atomic mass is 10.1. The highest BCUT2D eigenvalue weighted by molar-refractivity contribution is 7.98. The molecule has 1 fully saturated rings. The van der Waals surface area contributed by atoms with Crippen molar-refractivity contribution in [2.75, 3.05) is 25.2 Å². The van der Waals surface area contributed by atoms with Crippen molar-refractivity contribution < 1.29 is 4.74 Å². The van der Waals surface area contributed by atoms with E-state index in [4.69, 9.17) is 4.74 Å². The molecule has 84 valence electrons. The van der Waals surface area contributed by atoms with Crippen LogP contribution in [0.5, 0.6) is 0 Å². The minimum absolute atomic E-state index is 0.658. The Morgan fingerprint density at radius 3 is 3.07 bits per heavy atom. The van der Waals surface area contributed by atoms with Crippen LogP contribution in [0.2, 0.25) is 0 Å². The minimum Gasteiger partial charge on any atom is -0.381 e. The van der Waals surface area contributed by atoms with Crippen LogP contribution in [0, 0.1) is 0 Å². The fourth-order valence-corrected chi connectivity index (χ4v) is 2.44. The van der Waals surface area contributed by atoms with Gasteiger partial charge < -0.3 is 10.1 Å². The molecular formula is C11H23NOS. The number of nitrogens with one attached hydrogen (secondary N) is 1. The van der Waals surface area contributed by atoms with Crippen LogP contribution in [0.15, 0.2) is 0 Å². The van der Waals surface area contributed by atoms with Crippen LogP contribution in [0.4, 0.5) is 0 Å². The molecule has 1 N–H and O–H groups in total. The molecule has 0 aromatic heterocycles. The lowest BCUT2D eigenvalue weighted by molar-refractivity contribution is 0.142. The zero-order chi connectivity index (χ0) is 10.2. The molecule has 0 aliphatic carbocycles. The molecule has 1 saturated heterocycles. The molecule has 0 amide bonds. The van der Waals surface area contributed by atoms with Gasteiger partial charge in [-0.25, -0.2) is 0 Å². The summed E-state index contributed by atoms with van der Waals surface area (Å²) in [4.78, 5) is 0. The van der Waals surface area contributed by atoms with Crippen molar-refractivity contribution in [3.63, 3.8) is 0 Å². The van der Waals surface area contributed by atoms with Gasteiger partial charge in [0.2, 0.25) is 0 Å². The summed E-state index contributed by atoms with van der Waals surface area (Å²) >= 11 is 1.93. The SMILES string of the molecule is CSCCC(C)NC1CCCOCC1. The van der Waals surface area contributed by atoms with Gasteiger partial charge in [0.1, 0.15) is 0 Å². The topological polar surface area (TPSA) is 21.3 Å². The van der Waals surface area contributed by atoms with Gasteiger partial charge in [-0.2, -0.15) is 11.8 Å². The normalized spacial score (nSPS) is 25.7. The van der Waals surface area contributed by atoms with E-state index in [0.29, 0.717) is 12.1 Å². The Morgan fingerprint density at radius 2 is 2.29 bits per heavy atom. The zero-order valence-corrected chi connectivity index (χ0v) is 10.2. The van der Waals surface area contributed by atoms with Gasteiger partial charge in [0.15, 0.2) is 0 Å². The molecule has 0 aromatic carbocycles. The summed E-state index contributed by atoms with van der Waals surface area (Å²) in [6, 6.07) is 1.35. The van der Waals surface area contributed by atoms with Crippen LogP contribution >= 0.6 is 11.8 Å². The number of thioether (sulfide) groups is 1. The summed E-state index contributed by atoms with van der Waals surface area (Å²) in [6.45, 7) is 4.19. The largest absolute Gasteiger partial charge is 0.381 e. The second-order valence-corrected chi connectivity index (χ2v) is 5.07. The Balaban J connectivity index is 2.13. The minimum atomic E-state index is 0.658. The number of rotatable bonds is 5. The molecular weight excluding hydrogens is 194 g/mol. The van der Waals surface area contributed by atoms with Gasteiger partial charge in [-0.05, 0) is 44.6 Å². The predicted molar refractivity (Wildman–Crippen MR) is 64.1 cm³/mol. The number of ether oxygens (including phenoxy) is 1. The van der Waals surface area contributed by atoms with Gasteiger partial charge in [-0.1, -0.05) is 0 Å². The summed E-state index contributed by atoms with van der Waals surface area (Å²) < 4.78 is 5.44. The van der Waals surface area contributed by atoms with E-state index in [0.717, 1.165) is 13.2 Å². The molecule has 3 heteroatoms. The molecule has 2 nitrogen and oxygen atoms in total. The van der Waals surface area contributed by atoms with Crippen LogP contribution in [-0.2, 0) is 4.74 Å². The lowest BCUT2D eigenvalue weighted by Gasteiger charge is -2.21. The maximum atomic E-state index is 5.44. The Labute approximate surface area is 92.2 Å². The molecule has 0 spiro atoms. The van der Waals surface area contributed by atoms with E-state index in [-0.39, 0.29) is 0 Å². The molecule has 2 atom stereocenters. The molecule has 1 aliphatic rings. The lowest BCUT2D eigenvalue weighted by Crippen LogP contribution is -2.37. The van der Waals surface area contributed by atoms with E-state index in [9.17, 15) is 0 Å². The predicted octanol–water partition coefficient (Wildman–Crippen LogP) is 2.29. The monoisotopic (exact) mass is 217 g/mol. The van der Waals surface area contributed by atoms with Crippen molar-refractivity contribution in [3.05, 3.63) is 0 Å². The average Bonchev–Trinajstić information content (AvgIpc) is 2.43. The molecule has 0 bridgehead atoms. The fourth-order valence-electron chi connectivity index (χ4n) is 1.85. The van der Waals surface area contributed by atoms with Crippen LogP contribution in [-0.4, -0.2) is 37.3 Å². The van der Waals surface area contributed by atoms with Crippen LogP contribution < -0.4 is 5.32 Å². The van der Waals surface area contributed by atoms with E-state index in [1.807, 2.05) is 11.8 Å². The standard InChI is InChI=1S/C11H23NOS/c1-10(6-9-14-2)12-11-4-3-7-13-8-5-11/h10-12H,3-9H2,1-2H3. The van der Waals surface area contributed by atoms with Gasteiger partial charge >= 0.3 is 0 Å². The van der Waals surface area contributed by atoms with Crippen molar-refractivity contribution in [1.29, 1.82) is 0 Å². The third-order valence-electron chi connectivity index (χ3n) is 2.73. The van der Waals surface area contributed by atoms with Crippen molar-refractivity contribution in [1.82, 2.24) is 5.32 Å². The van der Waals surface area contributed by atoms with E-state index in [1.54, 1.807) is 0 Å². The third-order valence-corrected chi connectivity index (χ3v) is 3.37. The summed E-state index contributed by atoms with van der Waals surface area (Å²) in [6.07, 6.45) is 7.13. The molecule has 1 heterocycles. The van der Waals surface area contributed by atoms with Crippen molar-refractivity contribution in [2.24, 2.45) is 0 Å². The van der Waals surface area contributed by atoms with E-state index < -0.39 is 0 Å².